The molecular weight excluding hydrogens is 637 g/mol. The van der Waals surface area contributed by atoms with Crippen molar-refractivity contribution in [2.75, 3.05) is 0 Å². The van der Waals surface area contributed by atoms with Crippen LogP contribution >= 0.6 is 0 Å². The van der Waals surface area contributed by atoms with Gasteiger partial charge in [-0.05, 0) is 203 Å². The van der Waals surface area contributed by atoms with E-state index < -0.39 is 0 Å². The van der Waals surface area contributed by atoms with Crippen LogP contribution in [-0.4, -0.2) is 0 Å². The second-order valence-corrected chi connectivity index (χ2v) is 23.8. The van der Waals surface area contributed by atoms with Crippen LogP contribution in [0.25, 0.3) is 0 Å². The Morgan fingerprint density at radius 1 is 0.189 bits per heavy atom. The molecule has 0 N–H and O–H groups in total. The van der Waals surface area contributed by atoms with Crippen LogP contribution in [0.4, 0.5) is 0 Å². The molecule has 0 fully saturated rings. The van der Waals surface area contributed by atoms with E-state index in [1.165, 1.54) is 96.3 Å². The van der Waals surface area contributed by atoms with Gasteiger partial charge in [0.1, 0.15) is 0 Å². The summed E-state index contributed by atoms with van der Waals surface area (Å²) in [4.78, 5) is 0. The highest BCUT2D eigenvalue weighted by Gasteiger charge is 2.32. The first-order chi connectivity index (χ1) is 24.5. The van der Waals surface area contributed by atoms with Gasteiger partial charge < -0.3 is 0 Å². The second kappa shape index (κ2) is 28.4. The predicted molar refractivity (Wildman–Crippen MR) is 246 cm³/mol. The van der Waals surface area contributed by atoms with E-state index in [9.17, 15) is 0 Å². The van der Waals surface area contributed by atoms with E-state index in [2.05, 4.69) is 138 Å². The van der Waals surface area contributed by atoms with Gasteiger partial charge in [0, 0.05) is 0 Å². The summed E-state index contributed by atoms with van der Waals surface area (Å²) in [5, 5.41) is 0. The number of hydrogen-bond donors (Lipinski definition) is 0. The largest absolute Gasteiger partial charge is 0.0628 e. The maximum Gasteiger partial charge on any atom is -0.0383 e. The third-order valence-corrected chi connectivity index (χ3v) is 12.9. The van der Waals surface area contributed by atoms with Crippen LogP contribution < -0.4 is 0 Å². The van der Waals surface area contributed by atoms with Crippen LogP contribution in [0.3, 0.4) is 0 Å². The van der Waals surface area contributed by atoms with Crippen LogP contribution in [0.5, 0.6) is 0 Å². The Balaban J connectivity index is 6.80. The quantitative estimate of drug-likeness (QED) is 0.0643. The summed E-state index contributed by atoms with van der Waals surface area (Å²) in [5.41, 5.74) is 0. The Morgan fingerprint density at radius 2 is 0.434 bits per heavy atom. The van der Waals surface area contributed by atoms with Gasteiger partial charge in [0.05, 0.1) is 0 Å². The summed E-state index contributed by atoms with van der Waals surface area (Å²) in [7, 11) is 0. The topological polar surface area (TPSA) is 0 Å². The van der Waals surface area contributed by atoms with E-state index in [0.29, 0.717) is 0 Å². The molecule has 0 aliphatic carbocycles. The zero-order chi connectivity index (χ0) is 41.0. The van der Waals surface area contributed by atoms with E-state index in [1.807, 2.05) is 0 Å². The fraction of sp³-hybridized carbons (Fsp3) is 1.00. The minimum absolute atomic E-state index is 0.797. The van der Waals surface area contributed by atoms with Gasteiger partial charge in [0.25, 0.3) is 0 Å². The Kier molecular flexibility index (Phi) is 28.4. The van der Waals surface area contributed by atoms with E-state index in [1.54, 1.807) is 0 Å². The smallest absolute Gasteiger partial charge is 0.0383 e. The third kappa shape index (κ3) is 28.1. The molecule has 0 aliphatic heterocycles. The molecule has 0 aliphatic rings. The molecule has 0 radical (unpaired) electrons. The minimum atomic E-state index is 0.797. The van der Waals surface area contributed by atoms with Gasteiger partial charge in [-0.25, -0.2) is 0 Å². The number of hydrogen-bond acceptors (Lipinski definition) is 0. The molecule has 0 aromatic heterocycles. The summed E-state index contributed by atoms with van der Waals surface area (Å²) >= 11 is 0. The SMILES string of the molecule is CC(C)CC(C)CC(CC(CC(CC(C)C)CC(C)C)CC(CC(C)C)CC(C)C)CC(C)C(CC(C)CC(C)C)CC(C)C(CC(C)C)CC(C)C. The van der Waals surface area contributed by atoms with Gasteiger partial charge >= 0.3 is 0 Å². The van der Waals surface area contributed by atoms with Crippen molar-refractivity contribution in [3.05, 3.63) is 0 Å². The zero-order valence-electron chi connectivity index (χ0n) is 41.0. The van der Waals surface area contributed by atoms with Crippen molar-refractivity contribution in [3.8, 4) is 0 Å². The molecule has 6 unspecified atom stereocenters. The fourth-order valence-corrected chi connectivity index (χ4v) is 11.8. The van der Waals surface area contributed by atoms with Gasteiger partial charge in [-0.15, -0.1) is 0 Å². The van der Waals surface area contributed by atoms with Crippen LogP contribution in [-0.2, 0) is 0 Å². The van der Waals surface area contributed by atoms with Gasteiger partial charge in [0.2, 0.25) is 0 Å². The maximum absolute atomic E-state index is 2.73. The van der Waals surface area contributed by atoms with E-state index >= 15 is 0 Å². The average Bonchev–Trinajstić information content (AvgIpc) is 2.93. The molecule has 0 amide bonds. The molecular formula is C53H108. The molecule has 0 nitrogen and oxygen atoms in total. The highest BCUT2D eigenvalue weighted by molar-refractivity contribution is 4.83. The van der Waals surface area contributed by atoms with Crippen molar-refractivity contribution in [2.45, 2.75) is 235 Å². The van der Waals surface area contributed by atoms with Crippen molar-refractivity contribution in [1.82, 2.24) is 0 Å². The maximum atomic E-state index is 2.73. The first-order valence-electron chi connectivity index (χ1n) is 24.5. The Bertz CT molecular complexity index is 771. The second-order valence-electron chi connectivity index (χ2n) is 23.8. The van der Waals surface area contributed by atoms with Crippen molar-refractivity contribution in [2.24, 2.45) is 107 Å². The van der Waals surface area contributed by atoms with Gasteiger partial charge in [-0.1, -0.05) is 138 Å². The first-order valence-corrected chi connectivity index (χ1v) is 24.5. The number of rotatable bonds is 32. The standard InChI is InChI=1S/C53H108/c1-36(2)21-44(17)29-50(35-51(33-48(23-38(5)6)24-39(7)8)34-49(25-40(9)10)26-41(11)12)31-46(19)53(30-45(18)22-37(3)4)32-47(20)52(27-42(13)14)28-43(15)16/h36-53H,21-35H2,1-20H3. The van der Waals surface area contributed by atoms with E-state index in [4.69, 9.17) is 0 Å². The molecule has 0 rings (SSSR count). The minimum Gasteiger partial charge on any atom is -0.0628 e. The lowest BCUT2D eigenvalue weighted by Crippen LogP contribution is -2.27. The molecule has 0 heteroatoms. The molecule has 53 heavy (non-hydrogen) atoms. The van der Waals surface area contributed by atoms with Gasteiger partial charge in [0.15, 0.2) is 0 Å². The Labute approximate surface area is 340 Å². The van der Waals surface area contributed by atoms with Gasteiger partial charge in [-0.2, -0.15) is 0 Å². The molecule has 0 aromatic rings. The lowest BCUT2D eigenvalue weighted by Gasteiger charge is -2.37. The van der Waals surface area contributed by atoms with Crippen LogP contribution in [0.2, 0.25) is 0 Å². The Morgan fingerprint density at radius 3 is 0.755 bits per heavy atom. The van der Waals surface area contributed by atoms with E-state index in [0.717, 1.165) is 107 Å². The lowest BCUT2D eigenvalue weighted by molar-refractivity contribution is 0.136. The van der Waals surface area contributed by atoms with Crippen molar-refractivity contribution >= 4 is 0 Å². The molecule has 0 saturated carbocycles. The van der Waals surface area contributed by atoms with E-state index in [-0.39, 0.29) is 0 Å². The summed E-state index contributed by atoms with van der Waals surface area (Å²) in [6.45, 7) is 50.1. The highest BCUT2D eigenvalue weighted by Crippen LogP contribution is 2.43. The molecule has 6 atom stereocenters. The van der Waals surface area contributed by atoms with Crippen molar-refractivity contribution in [1.29, 1.82) is 0 Å². The fourth-order valence-electron chi connectivity index (χ4n) is 11.8. The monoisotopic (exact) mass is 745 g/mol. The third-order valence-electron chi connectivity index (χ3n) is 12.9. The zero-order valence-corrected chi connectivity index (χ0v) is 41.0. The van der Waals surface area contributed by atoms with Crippen LogP contribution in [0.1, 0.15) is 235 Å². The molecule has 0 heterocycles. The summed E-state index contributed by atoms with van der Waals surface area (Å²) in [6, 6.07) is 0. The molecule has 0 bridgehead atoms. The molecule has 320 valence electrons. The van der Waals surface area contributed by atoms with Crippen LogP contribution in [0.15, 0.2) is 0 Å². The summed E-state index contributed by atoms with van der Waals surface area (Å²) < 4.78 is 0. The van der Waals surface area contributed by atoms with Gasteiger partial charge in [-0.3, -0.25) is 0 Å². The highest BCUT2D eigenvalue weighted by atomic mass is 14.4. The first kappa shape index (κ1) is 53.0. The lowest BCUT2D eigenvalue weighted by atomic mass is 9.68. The summed E-state index contributed by atoms with van der Waals surface area (Å²) in [6.07, 6.45) is 21.5. The van der Waals surface area contributed by atoms with Crippen molar-refractivity contribution in [3.63, 3.8) is 0 Å². The average molecular weight is 745 g/mol. The van der Waals surface area contributed by atoms with Crippen LogP contribution in [0, 0.1) is 107 Å². The molecule has 0 aromatic carbocycles. The summed E-state index contributed by atoms with van der Waals surface area (Å²) in [5.74, 6) is 14.9. The Hall–Kier alpha value is 0. The predicted octanol–water partition coefficient (Wildman–Crippen LogP) is 18.3. The normalized spacial score (nSPS) is 16.8. The molecule has 0 spiro atoms. The molecule has 0 saturated heterocycles. The van der Waals surface area contributed by atoms with Crippen molar-refractivity contribution < 1.29 is 0 Å².